The van der Waals surface area contributed by atoms with Crippen molar-refractivity contribution in [1.82, 2.24) is 14.5 Å². The maximum absolute atomic E-state index is 12.9. The number of thiazole rings is 1. The van der Waals surface area contributed by atoms with Crippen LogP contribution in [0.2, 0.25) is 5.02 Å². The summed E-state index contributed by atoms with van der Waals surface area (Å²) in [4.78, 5) is 45.0. The molecular weight excluding hydrogens is 442 g/mol. The molecule has 0 spiro atoms. The van der Waals surface area contributed by atoms with Crippen LogP contribution in [0.3, 0.4) is 0 Å². The monoisotopic (exact) mass is 463 g/mol. The maximum Gasteiger partial charge on any atom is 0.330 e. The third-order valence-corrected chi connectivity index (χ3v) is 5.61. The number of aromatic nitrogens is 3. The van der Waals surface area contributed by atoms with Crippen LogP contribution in [-0.2, 0) is 13.2 Å². The van der Waals surface area contributed by atoms with Crippen LogP contribution in [0.15, 0.2) is 39.2 Å². The number of carbonyl (C=O) groups is 1. The summed E-state index contributed by atoms with van der Waals surface area (Å²) in [6.07, 6.45) is 1.55. The highest BCUT2D eigenvalue weighted by molar-refractivity contribution is 7.09. The molecule has 0 saturated heterocycles. The number of unbranched alkanes of at least 4 members (excludes halogenated alkanes) is 1. The maximum atomic E-state index is 12.9. The molecule has 0 aliphatic rings. The largest absolute Gasteiger partial charge is 0.486 e. The third kappa shape index (κ3) is 5.15. The normalized spacial score (nSPS) is 10.8. The fraction of sp³-hybridized carbons (Fsp3) is 0.300. The molecular formula is C20H22ClN5O4S. The van der Waals surface area contributed by atoms with Gasteiger partial charge in [0.25, 0.3) is 11.5 Å². The van der Waals surface area contributed by atoms with E-state index in [2.05, 4.69) is 9.97 Å². The van der Waals surface area contributed by atoms with E-state index in [0.29, 0.717) is 28.7 Å². The molecule has 0 unspecified atom stereocenters. The van der Waals surface area contributed by atoms with Crippen LogP contribution < -0.4 is 26.6 Å². The Balaban J connectivity index is 1.78. The number of hydrogen-bond acceptors (Lipinski definition) is 7. The predicted molar refractivity (Wildman–Crippen MR) is 121 cm³/mol. The number of rotatable bonds is 8. The molecule has 0 saturated carbocycles. The Morgan fingerprint density at radius 1 is 1.32 bits per heavy atom. The van der Waals surface area contributed by atoms with E-state index in [1.807, 2.05) is 6.92 Å². The molecule has 0 bridgehead atoms. The first-order valence-electron chi connectivity index (χ1n) is 9.55. The molecule has 11 heteroatoms. The first kappa shape index (κ1) is 22.6. The molecule has 1 aromatic carbocycles. The first-order valence-corrected chi connectivity index (χ1v) is 10.8. The van der Waals surface area contributed by atoms with E-state index in [0.717, 1.165) is 11.3 Å². The van der Waals surface area contributed by atoms with E-state index in [1.54, 1.807) is 29.6 Å². The van der Waals surface area contributed by atoms with Crippen molar-refractivity contribution in [2.75, 3.05) is 17.7 Å². The van der Waals surface area contributed by atoms with Crippen molar-refractivity contribution < 1.29 is 9.53 Å². The van der Waals surface area contributed by atoms with Crippen LogP contribution >= 0.6 is 22.9 Å². The zero-order valence-electron chi connectivity index (χ0n) is 17.1. The van der Waals surface area contributed by atoms with Gasteiger partial charge in [-0.15, -0.1) is 11.3 Å². The Labute approximate surface area is 187 Å². The van der Waals surface area contributed by atoms with E-state index < -0.39 is 17.2 Å². The number of ether oxygens (including phenoxy) is 1. The molecule has 3 N–H and O–H groups in total. The minimum absolute atomic E-state index is 0.0559. The number of anilines is 2. The van der Waals surface area contributed by atoms with Gasteiger partial charge >= 0.3 is 5.69 Å². The molecule has 2 aromatic heterocycles. The van der Waals surface area contributed by atoms with Crippen molar-refractivity contribution in [2.24, 2.45) is 0 Å². The number of hydrogen-bond donors (Lipinski definition) is 2. The summed E-state index contributed by atoms with van der Waals surface area (Å²) in [5.41, 5.74) is 4.80. The lowest BCUT2D eigenvalue weighted by molar-refractivity contribution is 0.0988. The van der Waals surface area contributed by atoms with Gasteiger partial charge in [0.15, 0.2) is 5.69 Å². The van der Waals surface area contributed by atoms with Gasteiger partial charge in [0.05, 0.1) is 0 Å². The standard InChI is InChI=1S/C20H22ClN5O4S/c1-3-4-9-26-17(22)16(18(27)24-20(26)29)25(2)19(28)14-11-31-15(23-14)10-30-13-7-5-12(21)6-8-13/h5-8,11H,3-4,9-10,22H2,1-2H3,(H,24,27,29). The average molecular weight is 464 g/mol. The third-order valence-electron chi connectivity index (χ3n) is 4.54. The summed E-state index contributed by atoms with van der Waals surface area (Å²) in [5.74, 6) is 0.0460. The number of carbonyl (C=O) groups excluding carboxylic acids is 1. The van der Waals surface area contributed by atoms with Crippen LogP contribution in [0.1, 0.15) is 35.3 Å². The van der Waals surface area contributed by atoms with Crippen molar-refractivity contribution in [2.45, 2.75) is 32.9 Å². The lowest BCUT2D eigenvalue weighted by atomic mass is 10.3. The Bertz CT molecular complexity index is 1190. The van der Waals surface area contributed by atoms with Gasteiger partial charge in [-0.3, -0.25) is 19.1 Å². The van der Waals surface area contributed by atoms with Gasteiger partial charge in [-0.05, 0) is 30.7 Å². The molecule has 3 rings (SSSR count). The topological polar surface area (TPSA) is 123 Å². The summed E-state index contributed by atoms with van der Waals surface area (Å²) in [6.45, 7) is 2.49. The van der Waals surface area contributed by atoms with Gasteiger partial charge in [0.1, 0.15) is 28.9 Å². The molecule has 0 fully saturated rings. The number of nitrogens with zero attached hydrogens (tertiary/aromatic N) is 3. The Kier molecular flexibility index (Phi) is 7.13. The molecule has 2 heterocycles. The Morgan fingerprint density at radius 3 is 2.71 bits per heavy atom. The number of benzene rings is 1. The van der Waals surface area contributed by atoms with E-state index in [4.69, 9.17) is 22.1 Å². The quantitative estimate of drug-likeness (QED) is 0.529. The lowest BCUT2D eigenvalue weighted by Gasteiger charge is -2.19. The average Bonchev–Trinajstić information content (AvgIpc) is 3.21. The Hall–Kier alpha value is -3.11. The summed E-state index contributed by atoms with van der Waals surface area (Å²) in [6, 6.07) is 6.89. The SMILES string of the molecule is CCCCn1c(N)c(N(C)C(=O)c2csc(COc3ccc(Cl)cc3)n2)c(=O)[nH]c1=O. The molecule has 31 heavy (non-hydrogen) atoms. The van der Waals surface area contributed by atoms with Gasteiger partial charge < -0.3 is 15.4 Å². The molecule has 9 nitrogen and oxygen atoms in total. The minimum atomic E-state index is -0.729. The van der Waals surface area contributed by atoms with Gasteiger partial charge in [-0.2, -0.15) is 0 Å². The molecule has 1 amide bonds. The fourth-order valence-electron chi connectivity index (χ4n) is 2.86. The van der Waals surface area contributed by atoms with Gasteiger partial charge in [0.2, 0.25) is 0 Å². The van der Waals surface area contributed by atoms with Crippen LogP contribution in [0.4, 0.5) is 11.5 Å². The van der Waals surface area contributed by atoms with Gasteiger partial charge in [-0.1, -0.05) is 24.9 Å². The smallest absolute Gasteiger partial charge is 0.330 e. The number of amides is 1. The summed E-state index contributed by atoms with van der Waals surface area (Å²) < 4.78 is 6.90. The fourth-order valence-corrected chi connectivity index (χ4v) is 3.67. The lowest BCUT2D eigenvalue weighted by Crippen LogP contribution is -2.39. The zero-order chi connectivity index (χ0) is 22.5. The van der Waals surface area contributed by atoms with E-state index in [1.165, 1.54) is 23.0 Å². The summed E-state index contributed by atoms with van der Waals surface area (Å²) in [7, 11) is 1.42. The number of nitrogen functional groups attached to an aromatic ring is 1. The predicted octanol–water partition coefficient (Wildman–Crippen LogP) is 2.88. The number of nitrogens with two attached hydrogens (primary N) is 1. The van der Waals surface area contributed by atoms with Crippen LogP contribution in [0, 0.1) is 0 Å². The second-order valence-electron chi connectivity index (χ2n) is 6.73. The number of halogens is 1. The molecule has 0 radical (unpaired) electrons. The Morgan fingerprint density at radius 2 is 2.03 bits per heavy atom. The molecule has 0 atom stereocenters. The van der Waals surface area contributed by atoms with Crippen molar-refractivity contribution in [3.05, 3.63) is 66.2 Å². The molecule has 0 aliphatic heterocycles. The second-order valence-corrected chi connectivity index (χ2v) is 8.11. The summed E-state index contributed by atoms with van der Waals surface area (Å²) in [5, 5.41) is 2.77. The zero-order valence-corrected chi connectivity index (χ0v) is 18.6. The van der Waals surface area contributed by atoms with Crippen LogP contribution in [-0.4, -0.2) is 27.5 Å². The van der Waals surface area contributed by atoms with Crippen LogP contribution in [0.25, 0.3) is 0 Å². The molecule has 164 valence electrons. The van der Waals surface area contributed by atoms with Crippen molar-refractivity contribution >= 4 is 40.4 Å². The van der Waals surface area contributed by atoms with Crippen LogP contribution in [0.5, 0.6) is 5.75 Å². The first-order chi connectivity index (χ1) is 14.8. The van der Waals surface area contributed by atoms with E-state index in [-0.39, 0.29) is 23.8 Å². The number of H-pyrrole nitrogens is 1. The highest BCUT2D eigenvalue weighted by Crippen LogP contribution is 2.21. The molecule has 3 aromatic rings. The summed E-state index contributed by atoms with van der Waals surface area (Å²) >= 11 is 7.11. The van der Waals surface area contributed by atoms with Crippen molar-refractivity contribution in [3.63, 3.8) is 0 Å². The highest BCUT2D eigenvalue weighted by atomic mass is 35.5. The number of nitrogens with one attached hydrogen (secondary N) is 1. The van der Waals surface area contributed by atoms with Crippen molar-refractivity contribution in [1.29, 1.82) is 0 Å². The molecule has 0 aliphatic carbocycles. The van der Waals surface area contributed by atoms with Crippen molar-refractivity contribution in [3.8, 4) is 5.75 Å². The highest BCUT2D eigenvalue weighted by Gasteiger charge is 2.23. The van der Waals surface area contributed by atoms with E-state index >= 15 is 0 Å². The van der Waals surface area contributed by atoms with E-state index in [9.17, 15) is 14.4 Å². The van der Waals surface area contributed by atoms with Gasteiger partial charge in [0, 0.05) is 24.0 Å². The van der Waals surface area contributed by atoms with Gasteiger partial charge in [-0.25, -0.2) is 9.78 Å². The second kappa shape index (κ2) is 9.80. The minimum Gasteiger partial charge on any atom is -0.486 e. The number of aromatic amines is 1.